The molecule has 4 rings (SSSR count). The second kappa shape index (κ2) is 5.10. The smallest absolute Gasteiger partial charge is 0.197 e. The molecule has 0 aromatic carbocycles. The maximum atomic E-state index is 5.75. The molecule has 2 heterocycles. The zero-order chi connectivity index (χ0) is 14.4. The van der Waals surface area contributed by atoms with Crippen molar-refractivity contribution in [2.45, 2.75) is 61.3 Å². The summed E-state index contributed by atoms with van der Waals surface area (Å²) in [5.41, 5.74) is 7.87. The van der Waals surface area contributed by atoms with Gasteiger partial charge < -0.3 is 10.3 Å². The van der Waals surface area contributed by atoms with Crippen LogP contribution in [0.5, 0.6) is 0 Å². The van der Waals surface area contributed by atoms with E-state index in [1.165, 1.54) is 31.5 Å². The molecule has 0 spiro atoms. The maximum Gasteiger partial charge on any atom is 0.197 e. The summed E-state index contributed by atoms with van der Waals surface area (Å²) in [4.78, 5) is 4.59. The van der Waals surface area contributed by atoms with Crippen molar-refractivity contribution in [1.82, 2.24) is 19.7 Å². The zero-order valence-electron chi connectivity index (χ0n) is 12.1. The van der Waals surface area contributed by atoms with Crippen molar-refractivity contribution in [3.63, 3.8) is 0 Å². The van der Waals surface area contributed by atoms with Gasteiger partial charge in [0.1, 0.15) is 10.9 Å². The Bertz CT molecular complexity index is 673. The second-order valence-corrected chi connectivity index (χ2v) is 6.96. The van der Waals surface area contributed by atoms with Gasteiger partial charge in [-0.15, -0.1) is 10.2 Å². The molecule has 2 aliphatic rings. The van der Waals surface area contributed by atoms with E-state index >= 15 is 0 Å². The predicted octanol–water partition coefficient (Wildman–Crippen LogP) is 2.80. The first kappa shape index (κ1) is 13.3. The molecule has 0 saturated heterocycles. The number of nitrogens with zero attached hydrogens (tertiary/aromatic N) is 4. The molecule has 6 heteroatoms. The van der Waals surface area contributed by atoms with Crippen molar-refractivity contribution in [3.8, 4) is 0 Å². The van der Waals surface area contributed by atoms with E-state index in [9.17, 15) is 0 Å². The molecule has 110 valence electrons. The molecule has 0 bridgehead atoms. The fraction of sp³-hybridized carbons (Fsp3) is 0.533. The molecule has 2 aromatic rings. The molecule has 21 heavy (non-hydrogen) atoms. The molecular formula is C15H19N5S. The van der Waals surface area contributed by atoms with Crippen molar-refractivity contribution in [2.24, 2.45) is 5.73 Å². The van der Waals surface area contributed by atoms with E-state index in [0.717, 1.165) is 21.4 Å². The highest BCUT2D eigenvalue weighted by Crippen LogP contribution is 2.46. The third-order valence-corrected chi connectivity index (χ3v) is 4.85. The Kier molecular flexibility index (Phi) is 3.23. The summed E-state index contributed by atoms with van der Waals surface area (Å²) in [6, 6.07) is 4.70. The molecule has 2 saturated carbocycles. The Morgan fingerprint density at radius 1 is 1.24 bits per heavy atom. The van der Waals surface area contributed by atoms with Crippen molar-refractivity contribution in [1.29, 1.82) is 0 Å². The summed E-state index contributed by atoms with van der Waals surface area (Å²) in [5.74, 6) is 1.82. The summed E-state index contributed by atoms with van der Waals surface area (Å²) in [7, 11) is 0. The third kappa shape index (κ3) is 2.70. The minimum absolute atomic E-state index is 0.541. The molecule has 2 fully saturated rings. The Balaban J connectivity index is 1.66. The Labute approximate surface area is 128 Å². The SMILES string of the molecule is Cc1cc(CN)cc(Sc2nnc(C3CC3)n2C2CC2)n1. The Morgan fingerprint density at radius 3 is 2.71 bits per heavy atom. The molecule has 2 N–H and O–H groups in total. The van der Waals surface area contributed by atoms with Crippen LogP contribution < -0.4 is 5.73 Å². The first-order chi connectivity index (χ1) is 10.2. The quantitative estimate of drug-likeness (QED) is 0.919. The van der Waals surface area contributed by atoms with E-state index in [-0.39, 0.29) is 0 Å². The van der Waals surface area contributed by atoms with Crippen LogP contribution >= 0.6 is 11.8 Å². The van der Waals surface area contributed by atoms with Gasteiger partial charge in [-0.25, -0.2) is 4.98 Å². The average Bonchev–Trinajstić information content (AvgIpc) is 3.37. The van der Waals surface area contributed by atoms with Crippen LogP contribution in [0.2, 0.25) is 0 Å². The van der Waals surface area contributed by atoms with E-state index in [0.29, 0.717) is 18.5 Å². The first-order valence-corrected chi connectivity index (χ1v) is 8.36. The van der Waals surface area contributed by atoms with Gasteiger partial charge >= 0.3 is 0 Å². The summed E-state index contributed by atoms with van der Waals surface area (Å²) < 4.78 is 2.36. The van der Waals surface area contributed by atoms with Gasteiger partial charge in [-0.3, -0.25) is 0 Å². The number of aryl methyl sites for hydroxylation is 1. The van der Waals surface area contributed by atoms with E-state index < -0.39 is 0 Å². The Morgan fingerprint density at radius 2 is 2.05 bits per heavy atom. The van der Waals surface area contributed by atoms with Crippen LogP contribution in [0.25, 0.3) is 0 Å². The van der Waals surface area contributed by atoms with Gasteiger partial charge in [-0.2, -0.15) is 0 Å². The van der Waals surface area contributed by atoms with Crippen LogP contribution in [0, 0.1) is 6.92 Å². The van der Waals surface area contributed by atoms with Gasteiger partial charge in [-0.1, -0.05) is 0 Å². The van der Waals surface area contributed by atoms with Crippen LogP contribution in [0.1, 0.15) is 54.7 Å². The van der Waals surface area contributed by atoms with Gasteiger partial charge in [0, 0.05) is 24.2 Å². The normalized spacial score (nSPS) is 18.2. The highest BCUT2D eigenvalue weighted by Gasteiger charge is 2.36. The minimum atomic E-state index is 0.541. The van der Waals surface area contributed by atoms with Gasteiger partial charge in [0.25, 0.3) is 0 Å². The highest BCUT2D eigenvalue weighted by atomic mass is 32.2. The minimum Gasteiger partial charge on any atom is -0.326 e. The van der Waals surface area contributed by atoms with Gasteiger partial charge in [0.15, 0.2) is 5.16 Å². The average molecular weight is 301 g/mol. The van der Waals surface area contributed by atoms with Crippen molar-refractivity contribution < 1.29 is 0 Å². The third-order valence-electron chi connectivity index (χ3n) is 3.97. The molecule has 0 radical (unpaired) electrons. The number of nitrogens with two attached hydrogens (primary N) is 1. The monoisotopic (exact) mass is 301 g/mol. The molecule has 0 aliphatic heterocycles. The van der Waals surface area contributed by atoms with E-state index in [2.05, 4.69) is 25.8 Å². The van der Waals surface area contributed by atoms with E-state index in [1.807, 2.05) is 13.0 Å². The molecule has 0 atom stereocenters. The standard InChI is InChI=1S/C15H19N5S/c1-9-6-10(8-16)7-13(17-9)21-15-19-18-14(11-2-3-11)20(15)12-4-5-12/h6-7,11-12H,2-5,8,16H2,1H3. The van der Waals surface area contributed by atoms with Gasteiger partial charge in [-0.05, 0) is 62.1 Å². The van der Waals surface area contributed by atoms with E-state index in [1.54, 1.807) is 11.8 Å². The van der Waals surface area contributed by atoms with Crippen LogP contribution in [0.4, 0.5) is 0 Å². The molecule has 2 aliphatic carbocycles. The van der Waals surface area contributed by atoms with Crippen molar-refractivity contribution in [3.05, 3.63) is 29.2 Å². The molecule has 0 amide bonds. The molecule has 5 nitrogen and oxygen atoms in total. The second-order valence-electron chi connectivity index (χ2n) is 5.98. The molecular weight excluding hydrogens is 282 g/mol. The van der Waals surface area contributed by atoms with Crippen LogP contribution in [0.3, 0.4) is 0 Å². The summed E-state index contributed by atoms with van der Waals surface area (Å²) in [6.45, 7) is 2.55. The Hall–Kier alpha value is -1.40. The first-order valence-electron chi connectivity index (χ1n) is 7.55. The van der Waals surface area contributed by atoms with E-state index in [4.69, 9.17) is 5.73 Å². The van der Waals surface area contributed by atoms with Crippen LogP contribution in [-0.2, 0) is 6.54 Å². The summed E-state index contributed by atoms with van der Waals surface area (Å²) in [6.07, 6.45) is 5.02. The summed E-state index contributed by atoms with van der Waals surface area (Å²) >= 11 is 1.61. The highest BCUT2D eigenvalue weighted by molar-refractivity contribution is 7.99. The lowest BCUT2D eigenvalue weighted by Gasteiger charge is -2.08. The van der Waals surface area contributed by atoms with Gasteiger partial charge in [0.05, 0.1) is 0 Å². The topological polar surface area (TPSA) is 69.6 Å². The maximum absolute atomic E-state index is 5.75. The van der Waals surface area contributed by atoms with Gasteiger partial charge in [0.2, 0.25) is 0 Å². The summed E-state index contributed by atoms with van der Waals surface area (Å²) in [5, 5.41) is 10.8. The van der Waals surface area contributed by atoms with Crippen LogP contribution in [-0.4, -0.2) is 19.7 Å². The largest absolute Gasteiger partial charge is 0.326 e. The lowest BCUT2D eigenvalue weighted by Crippen LogP contribution is -2.02. The fourth-order valence-electron chi connectivity index (χ4n) is 2.62. The number of hydrogen-bond acceptors (Lipinski definition) is 5. The molecule has 2 aromatic heterocycles. The number of pyridine rings is 1. The zero-order valence-corrected chi connectivity index (χ0v) is 12.9. The van der Waals surface area contributed by atoms with Crippen LogP contribution in [0.15, 0.2) is 22.3 Å². The number of hydrogen-bond donors (Lipinski definition) is 1. The lowest BCUT2D eigenvalue weighted by atomic mass is 10.2. The number of rotatable bonds is 5. The predicted molar refractivity (Wildman–Crippen MR) is 81.3 cm³/mol. The number of aromatic nitrogens is 4. The van der Waals surface area contributed by atoms with Crippen molar-refractivity contribution in [2.75, 3.05) is 0 Å². The lowest BCUT2D eigenvalue weighted by molar-refractivity contribution is 0.626. The van der Waals surface area contributed by atoms with Crippen molar-refractivity contribution >= 4 is 11.8 Å². The fourth-order valence-corrected chi connectivity index (χ4v) is 3.63. The molecule has 0 unspecified atom stereocenters.